The van der Waals surface area contributed by atoms with Gasteiger partial charge in [-0.15, -0.1) is 0 Å². The fraction of sp³-hybridized carbons (Fsp3) is 0.111. The molecule has 8 heteroatoms. The predicted molar refractivity (Wildman–Crippen MR) is 93.3 cm³/mol. The normalized spacial score (nSPS) is 11.0. The van der Waals surface area contributed by atoms with E-state index in [-0.39, 0.29) is 17.1 Å². The average molecular weight is 379 g/mol. The largest absolute Gasteiger partial charge is 0.493 e. The van der Waals surface area contributed by atoms with E-state index in [9.17, 15) is 18.8 Å². The van der Waals surface area contributed by atoms with Gasteiger partial charge in [-0.25, -0.2) is 0 Å². The molecule has 0 unspecified atom stereocenters. The monoisotopic (exact) mass is 378 g/mol. The number of para-hydroxylation sites is 1. The summed E-state index contributed by atoms with van der Waals surface area (Å²) in [6, 6.07) is 12.4. The van der Waals surface area contributed by atoms with Crippen LogP contribution in [0.1, 0.15) is 5.56 Å². The summed E-state index contributed by atoms with van der Waals surface area (Å²) in [6.45, 7) is -3.04. The lowest BCUT2D eigenvalue weighted by molar-refractivity contribution is -0.112. The van der Waals surface area contributed by atoms with Crippen molar-refractivity contribution in [1.29, 1.82) is 5.26 Å². The lowest BCUT2D eigenvalue weighted by Crippen LogP contribution is -2.13. The minimum absolute atomic E-state index is 0.0986. The molecule has 1 N–H and O–H groups in total. The van der Waals surface area contributed by atoms with Crippen LogP contribution in [0.15, 0.2) is 48.0 Å². The molecule has 0 aliphatic carbocycles. The van der Waals surface area contributed by atoms with Gasteiger partial charge in [-0.3, -0.25) is 4.79 Å². The molecule has 0 aromatic heterocycles. The fourth-order valence-corrected chi connectivity index (χ4v) is 2.22. The van der Waals surface area contributed by atoms with Gasteiger partial charge < -0.3 is 14.8 Å². The molecule has 0 radical (unpaired) electrons. The van der Waals surface area contributed by atoms with E-state index in [2.05, 4.69) is 10.1 Å². The van der Waals surface area contributed by atoms with E-state index in [4.69, 9.17) is 16.3 Å². The molecule has 5 nitrogen and oxygen atoms in total. The number of ether oxygens (including phenoxy) is 2. The van der Waals surface area contributed by atoms with Crippen molar-refractivity contribution in [3.63, 3.8) is 0 Å². The second-order valence-corrected chi connectivity index (χ2v) is 5.30. The van der Waals surface area contributed by atoms with Crippen molar-refractivity contribution in [3.05, 3.63) is 58.6 Å². The first kappa shape index (κ1) is 19.2. The van der Waals surface area contributed by atoms with Crippen LogP contribution in [0.3, 0.4) is 0 Å². The lowest BCUT2D eigenvalue weighted by Gasteiger charge is -2.10. The summed E-state index contributed by atoms with van der Waals surface area (Å²) < 4.78 is 34.3. The minimum atomic E-state index is -3.04. The van der Waals surface area contributed by atoms with Gasteiger partial charge in [-0.1, -0.05) is 29.8 Å². The molecule has 0 bridgehead atoms. The molecule has 0 fully saturated rings. The summed E-state index contributed by atoms with van der Waals surface area (Å²) in [5.41, 5.74) is 0.419. The van der Waals surface area contributed by atoms with E-state index in [1.165, 1.54) is 31.4 Å². The first-order chi connectivity index (χ1) is 12.4. The molecular formula is C18H13ClF2N2O3. The highest BCUT2D eigenvalue weighted by molar-refractivity contribution is 6.34. The number of rotatable bonds is 6. The number of nitrogens with one attached hydrogen (secondary N) is 1. The molecule has 0 saturated heterocycles. The van der Waals surface area contributed by atoms with Crippen molar-refractivity contribution < 1.29 is 23.0 Å². The molecule has 0 aliphatic heterocycles. The van der Waals surface area contributed by atoms with Gasteiger partial charge in [0.2, 0.25) is 0 Å². The van der Waals surface area contributed by atoms with Crippen molar-refractivity contribution in [2.24, 2.45) is 0 Å². The Morgan fingerprint density at radius 2 is 2.00 bits per heavy atom. The van der Waals surface area contributed by atoms with Gasteiger partial charge in [0.1, 0.15) is 11.6 Å². The maximum absolute atomic E-state index is 12.5. The smallest absolute Gasteiger partial charge is 0.387 e. The van der Waals surface area contributed by atoms with Gasteiger partial charge in [0.25, 0.3) is 5.91 Å². The SMILES string of the molecule is COc1ccc(/C=C(\C#N)C(=O)Nc2ccccc2Cl)cc1OC(F)F. The number of hydrogen-bond donors (Lipinski definition) is 1. The van der Waals surface area contributed by atoms with E-state index < -0.39 is 12.5 Å². The van der Waals surface area contributed by atoms with Gasteiger partial charge in [-0.05, 0) is 35.9 Å². The van der Waals surface area contributed by atoms with Crippen LogP contribution in [0.25, 0.3) is 6.08 Å². The number of methoxy groups -OCH3 is 1. The van der Waals surface area contributed by atoms with Crippen LogP contribution in [0.4, 0.5) is 14.5 Å². The van der Waals surface area contributed by atoms with Gasteiger partial charge in [0.05, 0.1) is 17.8 Å². The van der Waals surface area contributed by atoms with E-state index >= 15 is 0 Å². The second kappa shape index (κ2) is 8.83. The third kappa shape index (κ3) is 4.94. The quantitative estimate of drug-likeness (QED) is 0.593. The number of nitriles is 1. The Morgan fingerprint density at radius 3 is 2.62 bits per heavy atom. The van der Waals surface area contributed by atoms with Crippen LogP contribution in [0.2, 0.25) is 5.02 Å². The van der Waals surface area contributed by atoms with Crippen molar-refractivity contribution in [3.8, 4) is 17.6 Å². The Labute approximate surface area is 153 Å². The molecule has 2 aromatic carbocycles. The Balaban J connectivity index is 2.29. The maximum Gasteiger partial charge on any atom is 0.387 e. The zero-order chi connectivity index (χ0) is 19.1. The van der Waals surface area contributed by atoms with E-state index in [1.807, 2.05) is 0 Å². The standard InChI is InChI=1S/C18H13ClF2N2O3/c1-25-15-7-6-11(9-16(15)26-18(20)21)8-12(10-22)17(24)23-14-5-3-2-4-13(14)19/h2-9,18H,1H3,(H,23,24)/b12-8+. The summed E-state index contributed by atoms with van der Waals surface area (Å²) in [4.78, 5) is 12.2. The Bertz CT molecular complexity index is 879. The van der Waals surface area contributed by atoms with Crippen molar-refractivity contribution in [1.82, 2.24) is 0 Å². The van der Waals surface area contributed by atoms with E-state index in [0.29, 0.717) is 16.3 Å². The van der Waals surface area contributed by atoms with Gasteiger partial charge >= 0.3 is 6.61 Å². The van der Waals surface area contributed by atoms with Crippen molar-refractivity contribution >= 4 is 29.3 Å². The van der Waals surface area contributed by atoms with Gasteiger partial charge in [0.15, 0.2) is 11.5 Å². The predicted octanol–water partition coefficient (Wildman–Crippen LogP) is 4.50. The molecule has 134 valence electrons. The molecule has 0 saturated carbocycles. The Kier molecular flexibility index (Phi) is 6.53. The molecule has 0 aliphatic rings. The molecule has 1 amide bonds. The molecule has 0 heterocycles. The third-order valence-electron chi connectivity index (χ3n) is 3.20. The third-order valence-corrected chi connectivity index (χ3v) is 3.53. The van der Waals surface area contributed by atoms with Crippen molar-refractivity contribution in [2.75, 3.05) is 12.4 Å². The van der Waals surface area contributed by atoms with Gasteiger partial charge in [-0.2, -0.15) is 14.0 Å². The second-order valence-electron chi connectivity index (χ2n) is 4.89. The zero-order valence-electron chi connectivity index (χ0n) is 13.5. The van der Waals surface area contributed by atoms with Gasteiger partial charge in [0, 0.05) is 0 Å². The number of hydrogen-bond acceptors (Lipinski definition) is 4. The summed E-state index contributed by atoms with van der Waals surface area (Å²) >= 11 is 5.96. The molecule has 2 rings (SSSR count). The van der Waals surface area contributed by atoms with E-state index in [0.717, 1.165) is 0 Å². The molecule has 0 atom stereocenters. The highest BCUT2D eigenvalue weighted by Crippen LogP contribution is 2.30. The van der Waals surface area contributed by atoms with Crippen LogP contribution in [-0.2, 0) is 4.79 Å². The molecule has 0 spiro atoms. The Hall–Kier alpha value is -3.11. The number of nitrogens with zero attached hydrogens (tertiary/aromatic N) is 1. The summed E-state index contributed by atoms with van der Waals surface area (Å²) in [6.07, 6.45) is 1.24. The minimum Gasteiger partial charge on any atom is -0.493 e. The molecule has 26 heavy (non-hydrogen) atoms. The maximum atomic E-state index is 12.5. The lowest BCUT2D eigenvalue weighted by atomic mass is 10.1. The number of halogens is 3. The zero-order valence-corrected chi connectivity index (χ0v) is 14.3. The number of anilines is 1. The van der Waals surface area contributed by atoms with Crippen LogP contribution in [0, 0.1) is 11.3 Å². The summed E-state index contributed by atoms with van der Waals surface area (Å²) in [7, 11) is 1.31. The summed E-state index contributed by atoms with van der Waals surface area (Å²) in [5, 5.41) is 12.1. The van der Waals surface area contributed by atoms with Crippen molar-refractivity contribution in [2.45, 2.75) is 6.61 Å². The van der Waals surface area contributed by atoms with Crippen LogP contribution in [-0.4, -0.2) is 19.6 Å². The number of carbonyl (C=O) groups is 1. The van der Waals surface area contributed by atoms with Crippen LogP contribution >= 0.6 is 11.6 Å². The van der Waals surface area contributed by atoms with Crippen LogP contribution in [0.5, 0.6) is 11.5 Å². The Morgan fingerprint density at radius 1 is 1.27 bits per heavy atom. The molecular weight excluding hydrogens is 366 g/mol. The molecule has 2 aromatic rings. The number of alkyl halides is 2. The fourth-order valence-electron chi connectivity index (χ4n) is 2.04. The number of amides is 1. The van der Waals surface area contributed by atoms with E-state index in [1.54, 1.807) is 30.3 Å². The number of carbonyl (C=O) groups excluding carboxylic acids is 1. The number of benzene rings is 2. The highest BCUT2D eigenvalue weighted by atomic mass is 35.5. The highest BCUT2D eigenvalue weighted by Gasteiger charge is 2.14. The average Bonchev–Trinajstić information content (AvgIpc) is 2.61. The first-order valence-corrected chi connectivity index (χ1v) is 7.63. The summed E-state index contributed by atoms with van der Waals surface area (Å²) in [5.74, 6) is -0.797. The topological polar surface area (TPSA) is 71.3 Å². The first-order valence-electron chi connectivity index (χ1n) is 7.25. The van der Waals surface area contributed by atoms with Crippen LogP contribution < -0.4 is 14.8 Å².